The van der Waals surface area contributed by atoms with Crippen LogP contribution in [0.5, 0.6) is 0 Å². The molecule has 16 heavy (non-hydrogen) atoms. The number of hydrogen-bond donors (Lipinski definition) is 0. The van der Waals surface area contributed by atoms with Gasteiger partial charge in [-0.25, -0.2) is 0 Å². The van der Waals surface area contributed by atoms with E-state index in [4.69, 9.17) is 0 Å². The maximum absolute atomic E-state index is 2.29. The summed E-state index contributed by atoms with van der Waals surface area (Å²) < 4.78 is 4.24. The SMILES string of the molecule is I\C=c1/cccc/c1=c1/cccc/c1=C\I. The number of rotatable bonds is 0. The van der Waals surface area contributed by atoms with Crippen LogP contribution in [0.1, 0.15) is 0 Å². The highest BCUT2D eigenvalue weighted by Gasteiger charge is 1.88. The third-order valence-corrected chi connectivity index (χ3v) is 3.79. The second kappa shape index (κ2) is 5.82. The lowest BCUT2D eigenvalue weighted by Gasteiger charge is -1.92. The largest absolute Gasteiger partial charge is 0.0616 e. The molecule has 0 atom stereocenters. The van der Waals surface area contributed by atoms with Gasteiger partial charge in [0.05, 0.1) is 0 Å². The minimum atomic E-state index is 1.27. The van der Waals surface area contributed by atoms with Crippen LogP contribution < -0.4 is 10.4 Å². The molecule has 2 aromatic carbocycles. The predicted octanol–water partition coefficient (Wildman–Crippen LogP) is 3.32. The predicted molar refractivity (Wildman–Crippen MR) is 86.8 cm³/mol. The summed E-state index contributed by atoms with van der Waals surface area (Å²) in [5.74, 6) is 0. The van der Waals surface area contributed by atoms with Crippen LogP contribution in [0.25, 0.3) is 8.17 Å². The Kier molecular flexibility index (Phi) is 4.40. The normalized spacial score (nSPS) is 15.4. The van der Waals surface area contributed by atoms with Crippen LogP contribution in [0, 0.1) is 10.4 Å². The van der Waals surface area contributed by atoms with Crippen molar-refractivity contribution in [2.45, 2.75) is 0 Å². The van der Waals surface area contributed by atoms with Gasteiger partial charge in [-0.2, -0.15) is 0 Å². The maximum Gasteiger partial charge on any atom is -0.0101 e. The van der Waals surface area contributed by atoms with E-state index in [0.29, 0.717) is 0 Å². The zero-order valence-corrected chi connectivity index (χ0v) is 12.8. The molecule has 80 valence electrons. The van der Waals surface area contributed by atoms with Crippen molar-refractivity contribution in [3.05, 3.63) is 69.4 Å². The molecule has 0 heterocycles. The van der Waals surface area contributed by atoms with Crippen LogP contribution in [-0.2, 0) is 0 Å². The minimum Gasteiger partial charge on any atom is -0.0616 e. The third-order valence-electron chi connectivity index (χ3n) is 2.45. The van der Waals surface area contributed by atoms with Gasteiger partial charge < -0.3 is 0 Å². The standard InChI is InChI=1S/C14H10I2/c15-9-11-5-1-3-7-13(11)14-8-4-2-6-12(14)10-16/h1-10H/b11-9+,12-10+,14-13+. The van der Waals surface area contributed by atoms with E-state index in [-0.39, 0.29) is 0 Å². The summed E-state index contributed by atoms with van der Waals surface area (Å²) in [6, 6.07) is 16.9. The van der Waals surface area contributed by atoms with Crippen molar-refractivity contribution in [3.63, 3.8) is 0 Å². The Morgan fingerprint density at radius 1 is 0.625 bits per heavy atom. The van der Waals surface area contributed by atoms with Gasteiger partial charge in [0.15, 0.2) is 0 Å². The quantitative estimate of drug-likeness (QED) is 0.561. The van der Waals surface area contributed by atoms with Crippen LogP contribution in [0.3, 0.4) is 0 Å². The van der Waals surface area contributed by atoms with Gasteiger partial charge in [0.1, 0.15) is 0 Å². The van der Waals surface area contributed by atoms with Crippen molar-refractivity contribution < 1.29 is 0 Å². The summed E-state index contributed by atoms with van der Waals surface area (Å²) in [6.07, 6.45) is 0. The first-order valence-corrected chi connectivity index (χ1v) is 7.41. The summed E-state index contributed by atoms with van der Waals surface area (Å²) in [5.41, 5.74) is 0. The van der Waals surface area contributed by atoms with Gasteiger partial charge in [-0.1, -0.05) is 93.7 Å². The lowest BCUT2D eigenvalue weighted by Crippen LogP contribution is -2.07. The van der Waals surface area contributed by atoms with Crippen LogP contribution in [0.2, 0.25) is 0 Å². The molecule has 0 amide bonds. The Bertz CT molecular complexity index is 626. The third kappa shape index (κ3) is 2.48. The lowest BCUT2D eigenvalue weighted by atomic mass is 10.1. The summed E-state index contributed by atoms with van der Waals surface area (Å²) in [5, 5.41) is 5.13. The molecule has 0 aliphatic rings. The Balaban J connectivity index is 3.16. The topological polar surface area (TPSA) is 0 Å². The molecule has 0 unspecified atom stereocenters. The van der Waals surface area contributed by atoms with Crippen molar-refractivity contribution in [1.82, 2.24) is 0 Å². The molecule has 2 rings (SSSR count). The number of hydrogen-bond acceptors (Lipinski definition) is 0. The lowest BCUT2D eigenvalue weighted by molar-refractivity contribution is 1.41. The molecule has 0 fully saturated rings. The molecule has 2 heteroatoms. The Hall–Kier alpha value is -0.360. The minimum absolute atomic E-state index is 1.27. The van der Waals surface area contributed by atoms with Crippen molar-refractivity contribution in [1.29, 1.82) is 0 Å². The fourth-order valence-corrected chi connectivity index (χ4v) is 2.76. The van der Waals surface area contributed by atoms with Crippen molar-refractivity contribution in [2.75, 3.05) is 0 Å². The monoisotopic (exact) mass is 432 g/mol. The highest BCUT2D eigenvalue weighted by atomic mass is 127. The first kappa shape index (κ1) is 12.1. The Morgan fingerprint density at radius 3 is 1.38 bits per heavy atom. The average molecular weight is 432 g/mol. The van der Waals surface area contributed by atoms with E-state index >= 15 is 0 Å². The highest BCUT2D eigenvalue weighted by Crippen LogP contribution is 1.92. The van der Waals surface area contributed by atoms with E-state index in [9.17, 15) is 0 Å². The molecule has 0 radical (unpaired) electrons. The van der Waals surface area contributed by atoms with Gasteiger partial charge in [-0.3, -0.25) is 0 Å². The first-order valence-electron chi connectivity index (χ1n) is 4.92. The van der Waals surface area contributed by atoms with E-state index in [1.165, 1.54) is 20.9 Å². The van der Waals surface area contributed by atoms with Crippen LogP contribution in [0.4, 0.5) is 0 Å². The molecule has 0 nitrogen and oxygen atoms in total. The van der Waals surface area contributed by atoms with Gasteiger partial charge in [0.2, 0.25) is 0 Å². The van der Waals surface area contributed by atoms with Gasteiger partial charge in [-0.05, 0) is 29.0 Å². The molecule has 0 N–H and O–H groups in total. The molecular weight excluding hydrogens is 422 g/mol. The zero-order chi connectivity index (χ0) is 11.4. The van der Waals surface area contributed by atoms with E-state index < -0.39 is 0 Å². The van der Waals surface area contributed by atoms with Crippen molar-refractivity contribution >= 4 is 53.3 Å². The highest BCUT2D eigenvalue weighted by molar-refractivity contribution is 14.1. The second-order valence-corrected chi connectivity index (χ2v) is 4.64. The Labute approximate surface area is 122 Å². The summed E-state index contributed by atoms with van der Waals surface area (Å²) >= 11 is 4.58. The van der Waals surface area contributed by atoms with Gasteiger partial charge in [0, 0.05) is 0 Å². The fraction of sp³-hybridized carbons (Fsp3) is 0. The van der Waals surface area contributed by atoms with E-state index in [0.717, 1.165) is 0 Å². The molecule has 0 bridgehead atoms. The van der Waals surface area contributed by atoms with Gasteiger partial charge >= 0.3 is 0 Å². The Morgan fingerprint density at radius 2 is 1.00 bits per heavy atom. The zero-order valence-electron chi connectivity index (χ0n) is 8.53. The van der Waals surface area contributed by atoms with Crippen LogP contribution >= 0.6 is 45.2 Å². The summed E-state index contributed by atoms with van der Waals surface area (Å²) in [7, 11) is 0. The molecule has 0 saturated carbocycles. The molecule has 0 aromatic heterocycles. The first-order chi connectivity index (χ1) is 7.86. The van der Waals surface area contributed by atoms with Crippen LogP contribution in [0.15, 0.2) is 48.5 Å². The molecule has 0 aliphatic heterocycles. The van der Waals surface area contributed by atoms with Gasteiger partial charge in [0.25, 0.3) is 0 Å². The molecule has 0 aliphatic carbocycles. The fourth-order valence-electron chi connectivity index (χ4n) is 1.67. The molecule has 2 aromatic rings. The van der Waals surface area contributed by atoms with E-state index in [2.05, 4.69) is 102 Å². The molecule has 0 saturated heterocycles. The second-order valence-electron chi connectivity index (χ2n) is 3.39. The molecule has 0 spiro atoms. The summed E-state index contributed by atoms with van der Waals surface area (Å²) in [4.78, 5) is 0. The van der Waals surface area contributed by atoms with Crippen molar-refractivity contribution in [3.8, 4) is 0 Å². The number of halogens is 2. The average Bonchev–Trinajstić information content (AvgIpc) is 2.38. The number of benzene rings is 2. The van der Waals surface area contributed by atoms with E-state index in [1.807, 2.05) is 0 Å². The summed E-state index contributed by atoms with van der Waals surface area (Å²) in [6.45, 7) is 0. The van der Waals surface area contributed by atoms with E-state index in [1.54, 1.807) is 0 Å². The van der Waals surface area contributed by atoms with Crippen molar-refractivity contribution in [2.24, 2.45) is 0 Å². The van der Waals surface area contributed by atoms with Crippen LogP contribution in [-0.4, -0.2) is 0 Å². The van der Waals surface area contributed by atoms with Gasteiger partial charge in [-0.15, -0.1) is 0 Å². The molecular formula is C14H10I2. The smallest absolute Gasteiger partial charge is 0.0101 e. The maximum atomic E-state index is 2.29.